The van der Waals surface area contributed by atoms with E-state index in [1.807, 2.05) is 47.2 Å². The Morgan fingerprint density at radius 1 is 1.05 bits per heavy atom. The van der Waals surface area contributed by atoms with Gasteiger partial charge in [-0.15, -0.1) is 0 Å². The van der Waals surface area contributed by atoms with Crippen LogP contribution in [0.4, 0.5) is 14.5 Å². The molecule has 0 radical (unpaired) electrons. The molecule has 3 heterocycles. The normalized spacial score (nSPS) is 17.0. The van der Waals surface area contributed by atoms with E-state index < -0.39 is 11.6 Å². The quantitative estimate of drug-likeness (QED) is 0.352. The van der Waals surface area contributed by atoms with Gasteiger partial charge in [0.05, 0.1) is 52.3 Å². The molecule has 1 fully saturated rings. The van der Waals surface area contributed by atoms with Gasteiger partial charge in [-0.05, 0) is 62.1 Å². The number of allylic oxidation sites excluding steroid dienone is 1. The highest BCUT2D eigenvalue weighted by molar-refractivity contribution is 5.84. The molecule has 194 valence electrons. The number of anilines is 1. The van der Waals surface area contributed by atoms with Crippen molar-refractivity contribution in [1.82, 2.24) is 9.55 Å². The van der Waals surface area contributed by atoms with Crippen molar-refractivity contribution in [2.45, 2.75) is 31.7 Å². The summed E-state index contributed by atoms with van der Waals surface area (Å²) in [4.78, 5) is 14.4. The summed E-state index contributed by atoms with van der Waals surface area (Å²) in [6.45, 7) is 1.33. The molecule has 2 aromatic rings. The summed E-state index contributed by atoms with van der Waals surface area (Å²) < 4.78 is 41.2. The summed E-state index contributed by atoms with van der Waals surface area (Å²) in [5.41, 5.74) is 5.06. The molecule has 1 saturated heterocycles. The van der Waals surface area contributed by atoms with Gasteiger partial charge in [0.1, 0.15) is 0 Å². The molecule has 38 heavy (non-hydrogen) atoms. The van der Waals surface area contributed by atoms with Crippen LogP contribution in [-0.4, -0.2) is 42.1 Å². The summed E-state index contributed by atoms with van der Waals surface area (Å²) in [5.74, 6) is -1.26. The fraction of sp³-hybridized carbons (Fsp3) is 0.276. The van der Waals surface area contributed by atoms with Crippen LogP contribution in [0.5, 0.6) is 0 Å². The van der Waals surface area contributed by atoms with E-state index in [-0.39, 0.29) is 6.04 Å². The SMILES string of the molecule is COC1=C(Nc2cc3nc4ccccc4n(-c4ccc(F)c(F)c4)c-3cc2=NC2CCOCC2)CCC=N1. The summed E-state index contributed by atoms with van der Waals surface area (Å²) in [6.07, 6.45) is 5.05. The predicted molar refractivity (Wildman–Crippen MR) is 142 cm³/mol. The predicted octanol–water partition coefficient (Wildman–Crippen LogP) is 5.58. The Labute approximate surface area is 218 Å². The highest BCUT2D eigenvalue weighted by Crippen LogP contribution is 2.31. The smallest absolute Gasteiger partial charge is 0.232 e. The lowest BCUT2D eigenvalue weighted by atomic mass is 10.1. The van der Waals surface area contributed by atoms with Crippen molar-refractivity contribution >= 4 is 22.9 Å². The summed E-state index contributed by atoms with van der Waals surface area (Å²) in [7, 11) is 1.60. The third-order valence-electron chi connectivity index (χ3n) is 6.84. The molecule has 3 aliphatic heterocycles. The van der Waals surface area contributed by atoms with E-state index >= 15 is 0 Å². The molecule has 9 heteroatoms. The van der Waals surface area contributed by atoms with E-state index in [2.05, 4.69) is 10.3 Å². The first-order chi connectivity index (χ1) is 18.6. The van der Waals surface area contributed by atoms with E-state index in [4.69, 9.17) is 19.5 Å². The minimum Gasteiger partial charge on any atom is -0.480 e. The third-order valence-corrected chi connectivity index (χ3v) is 6.84. The zero-order valence-corrected chi connectivity index (χ0v) is 21.0. The van der Waals surface area contributed by atoms with Crippen molar-refractivity contribution in [2.75, 3.05) is 25.6 Å². The lowest BCUT2D eigenvalue weighted by Gasteiger charge is -2.23. The number of ether oxygens (including phenoxy) is 2. The minimum atomic E-state index is -0.911. The standard InChI is InChI=1S/C29H27F2N5O2/c1-37-29-23(6-4-12-32-29)35-24-16-26-28(17-25(24)33-18-10-13-38-14-11-18)36(19-8-9-20(30)21(31)15-19)27-7-3-2-5-22(27)34-26/h2-3,5,7-9,12,15-18,35H,4,6,10-11,13-14H2,1H3. The number of aromatic nitrogens is 2. The van der Waals surface area contributed by atoms with Crippen LogP contribution in [0.3, 0.4) is 0 Å². The number of hydrogen-bond donors (Lipinski definition) is 1. The average Bonchev–Trinajstić information content (AvgIpc) is 2.94. The number of methoxy groups -OCH3 is 1. The molecular formula is C29H27F2N5O2. The number of halogens is 2. The molecular weight excluding hydrogens is 488 g/mol. The molecule has 7 nitrogen and oxygen atoms in total. The number of hydrogen-bond acceptors (Lipinski definition) is 6. The summed E-state index contributed by atoms with van der Waals surface area (Å²) in [6, 6.07) is 15.6. The number of rotatable bonds is 5. The summed E-state index contributed by atoms with van der Waals surface area (Å²) in [5, 5.41) is 4.26. The Hall–Kier alpha value is -4.11. The molecule has 6 rings (SSSR count). The van der Waals surface area contributed by atoms with E-state index in [0.29, 0.717) is 30.5 Å². The topological polar surface area (TPSA) is 73.0 Å². The van der Waals surface area contributed by atoms with Gasteiger partial charge in [0.25, 0.3) is 0 Å². The van der Waals surface area contributed by atoms with Crippen LogP contribution in [0.25, 0.3) is 28.1 Å². The van der Waals surface area contributed by atoms with Crippen molar-refractivity contribution < 1.29 is 18.3 Å². The monoisotopic (exact) mass is 515 g/mol. The van der Waals surface area contributed by atoms with Crippen LogP contribution in [0.15, 0.2) is 76.2 Å². The van der Waals surface area contributed by atoms with Gasteiger partial charge in [0.2, 0.25) is 5.88 Å². The van der Waals surface area contributed by atoms with Crippen LogP contribution in [0.1, 0.15) is 25.7 Å². The molecule has 0 aromatic heterocycles. The number of nitrogens with one attached hydrogen (secondary N) is 1. The molecule has 0 atom stereocenters. The molecule has 1 N–H and O–H groups in total. The molecule has 0 spiro atoms. The fourth-order valence-corrected chi connectivity index (χ4v) is 4.96. The Morgan fingerprint density at radius 3 is 2.71 bits per heavy atom. The molecule has 0 saturated carbocycles. The maximum atomic E-state index is 14.4. The molecule has 0 amide bonds. The van der Waals surface area contributed by atoms with Crippen LogP contribution < -0.4 is 10.7 Å². The second-order valence-corrected chi connectivity index (χ2v) is 9.33. The minimum absolute atomic E-state index is 0.104. The maximum absolute atomic E-state index is 14.4. The first kappa shape index (κ1) is 24.2. The summed E-state index contributed by atoms with van der Waals surface area (Å²) >= 11 is 0. The van der Waals surface area contributed by atoms with E-state index in [1.165, 1.54) is 6.07 Å². The zero-order chi connectivity index (χ0) is 26.1. The highest BCUT2D eigenvalue weighted by Gasteiger charge is 2.20. The number of para-hydroxylation sites is 2. The lowest BCUT2D eigenvalue weighted by molar-refractivity contribution is 0.0864. The van der Waals surface area contributed by atoms with Crippen molar-refractivity contribution in [3.05, 3.63) is 83.2 Å². The number of aliphatic imine (C=N–C) groups is 1. The van der Waals surface area contributed by atoms with Crippen LogP contribution in [0, 0.1) is 11.6 Å². The number of fused-ring (bicyclic) bond motifs is 2. The van der Waals surface area contributed by atoms with Crippen molar-refractivity contribution in [3.8, 4) is 17.1 Å². The van der Waals surface area contributed by atoms with Gasteiger partial charge in [0, 0.05) is 31.2 Å². The van der Waals surface area contributed by atoms with Crippen LogP contribution in [0.2, 0.25) is 0 Å². The van der Waals surface area contributed by atoms with Gasteiger partial charge in [-0.25, -0.2) is 18.8 Å². The van der Waals surface area contributed by atoms with Crippen LogP contribution in [-0.2, 0) is 9.47 Å². The Balaban J connectivity index is 1.62. The van der Waals surface area contributed by atoms with Gasteiger partial charge >= 0.3 is 0 Å². The number of nitrogens with zero attached hydrogens (tertiary/aromatic N) is 4. The molecule has 1 aliphatic carbocycles. The van der Waals surface area contributed by atoms with Crippen molar-refractivity contribution in [2.24, 2.45) is 9.98 Å². The zero-order valence-electron chi connectivity index (χ0n) is 21.0. The molecule has 2 aromatic carbocycles. The first-order valence-corrected chi connectivity index (χ1v) is 12.7. The van der Waals surface area contributed by atoms with Crippen LogP contribution >= 0.6 is 0 Å². The Kier molecular flexibility index (Phi) is 6.59. The largest absolute Gasteiger partial charge is 0.480 e. The van der Waals surface area contributed by atoms with Gasteiger partial charge in [-0.3, -0.25) is 4.99 Å². The third kappa shape index (κ3) is 4.65. The lowest BCUT2D eigenvalue weighted by Crippen LogP contribution is -2.24. The van der Waals surface area contributed by atoms with Crippen molar-refractivity contribution in [3.63, 3.8) is 0 Å². The van der Waals surface area contributed by atoms with Crippen molar-refractivity contribution in [1.29, 1.82) is 0 Å². The molecule has 4 aliphatic rings. The Morgan fingerprint density at radius 2 is 1.89 bits per heavy atom. The molecule has 0 unspecified atom stereocenters. The molecule has 0 bridgehead atoms. The van der Waals surface area contributed by atoms with E-state index in [1.54, 1.807) is 13.2 Å². The highest BCUT2D eigenvalue weighted by atomic mass is 19.2. The second-order valence-electron chi connectivity index (χ2n) is 9.33. The maximum Gasteiger partial charge on any atom is 0.232 e. The first-order valence-electron chi connectivity index (χ1n) is 12.7. The van der Waals surface area contributed by atoms with Gasteiger partial charge in [0.15, 0.2) is 11.6 Å². The van der Waals surface area contributed by atoms with E-state index in [9.17, 15) is 8.78 Å². The second kappa shape index (κ2) is 10.3. The average molecular weight is 516 g/mol. The van der Waals surface area contributed by atoms with E-state index in [0.717, 1.165) is 65.2 Å². The Bertz CT molecular complexity index is 1600. The fourth-order valence-electron chi connectivity index (χ4n) is 4.96. The van der Waals surface area contributed by atoms with Gasteiger partial charge in [-0.1, -0.05) is 12.1 Å². The number of benzene rings is 3. The van der Waals surface area contributed by atoms with Gasteiger partial charge < -0.3 is 19.4 Å². The van der Waals surface area contributed by atoms with Gasteiger partial charge in [-0.2, -0.15) is 0 Å².